The minimum atomic E-state index is -4.32. The summed E-state index contributed by atoms with van der Waals surface area (Å²) < 4.78 is 23.8. The summed E-state index contributed by atoms with van der Waals surface area (Å²) >= 11 is 0. The maximum absolute atomic E-state index is 13.0. The van der Waals surface area contributed by atoms with Crippen LogP contribution in [-0.4, -0.2) is 73.4 Å². The summed E-state index contributed by atoms with van der Waals surface area (Å²) in [6.45, 7) is 4.92. The van der Waals surface area contributed by atoms with Gasteiger partial charge in [0.25, 0.3) is 0 Å². The molecular weight excluding hydrogens is 840 g/mol. The molecule has 0 radical (unpaired) electrons. The van der Waals surface area contributed by atoms with E-state index in [0.717, 1.165) is 51.4 Å². The molecule has 0 saturated carbocycles. The number of nitrogens with one attached hydrogen (secondary N) is 1. The maximum atomic E-state index is 13.0. The van der Waals surface area contributed by atoms with Crippen molar-refractivity contribution in [1.82, 2.24) is 5.32 Å². The van der Waals surface area contributed by atoms with Crippen molar-refractivity contribution in [3.63, 3.8) is 0 Å². The van der Waals surface area contributed by atoms with Crippen molar-refractivity contribution in [2.75, 3.05) is 40.9 Å². The number of phosphoric acid groups is 1. The van der Waals surface area contributed by atoms with Crippen molar-refractivity contribution < 1.29 is 32.9 Å². The molecule has 0 bridgehead atoms. The lowest BCUT2D eigenvalue weighted by Crippen LogP contribution is -2.46. The number of phosphoric ester groups is 1. The number of unbranched alkanes of at least 4 members (excludes halogenated alkanes) is 36. The molecule has 3 N–H and O–H groups in total. The summed E-state index contributed by atoms with van der Waals surface area (Å²) in [5, 5.41) is 14.1. The van der Waals surface area contributed by atoms with Crippen LogP contribution in [0.2, 0.25) is 0 Å². The Bertz CT molecular complexity index is 1130. The van der Waals surface area contributed by atoms with Crippen molar-refractivity contribution in [2.24, 2.45) is 0 Å². The number of hydrogen-bond donors (Lipinski definition) is 3. The summed E-state index contributed by atoms with van der Waals surface area (Å²) in [5.41, 5.74) is 0. The number of hydrogen-bond acceptors (Lipinski definition) is 5. The summed E-state index contributed by atoms with van der Waals surface area (Å²) in [7, 11) is 1.62. The van der Waals surface area contributed by atoms with Crippen molar-refractivity contribution in [3.8, 4) is 0 Å². The first kappa shape index (κ1) is 65.0. The van der Waals surface area contributed by atoms with Crippen LogP contribution in [-0.2, 0) is 18.4 Å². The van der Waals surface area contributed by atoms with Crippen LogP contribution in [0.25, 0.3) is 0 Å². The molecular formula is C57H114N2O6P+. The number of carbonyl (C=O) groups is 1. The van der Waals surface area contributed by atoms with Crippen molar-refractivity contribution >= 4 is 13.7 Å². The normalized spacial score (nSPS) is 14.1. The second-order valence-corrected chi connectivity index (χ2v) is 22.5. The van der Waals surface area contributed by atoms with E-state index in [2.05, 4.69) is 43.5 Å². The molecule has 0 spiro atoms. The van der Waals surface area contributed by atoms with Gasteiger partial charge in [-0.1, -0.05) is 256 Å². The first-order valence-corrected chi connectivity index (χ1v) is 30.2. The van der Waals surface area contributed by atoms with E-state index < -0.39 is 20.0 Å². The van der Waals surface area contributed by atoms with Gasteiger partial charge in [0.1, 0.15) is 13.2 Å². The molecule has 392 valence electrons. The van der Waals surface area contributed by atoms with E-state index in [-0.39, 0.29) is 19.1 Å². The van der Waals surface area contributed by atoms with Crippen LogP contribution in [0.1, 0.15) is 284 Å². The Morgan fingerprint density at radius 2 is 0.864 bits per heavy atom. The number of quaternary nitrogens is 1. The van der Waals surface area contributed by atoms with Crippen LogP contribution in [0, 0.1) is 0 Å². The molecule has 0 fully saturated rings. The molecule has 0 aliphatic carbocycles. The van der Waals surface area contributed by atoms with Crippen LogP contribution in [0.5, 0.6) is 0 Å². The van der Waals surface area contributed by atoms with Crippen LogP contribution >= 0.6 is 7.82 Å². The molecule has 0 aromatic rings. The summed E-state index contributed by atoms with van der Waals surface area (Å²) in [6.07, 6.45) is 60.8. The van der Waals surface area contributed by atoms with E-state index in [1.54, 1.807) is 0 Å². The quantitative estimate of drug-likeness (QED) is 0.0243. The van der Waals surface area contributed by atoms with E-state index in [9.17, 15) is 19.4 Å². The van der Waals surface area contributed by atoms with Gasteiger partial charge in [0.2, 0.25) is 5.91 Å². The highest BCUT2D eigenvalue weighted by atomic mass is 31.2. The van der Waals surface area contributed by atoms with Gasteiger partial charge in [-0.15, -0.1) is 0 Å². The lowest BCUT2D eigenvalue weighted by Gasteiger charge is -2.26. The smallest absolute Gasteiger partial charge is 0.391 e. The number of aliphatic hydroxyl groups excluding tert-OH is 1. The molecule has 0 rings (SSSR count). The monoisotopic (exact) mass is 954 g/mol. The number of allylic oxidation sites excluding steroid dienone is 4. The third-order valence-corrected chi connectivity index (χ3v) is 14.2. The fourth-order valence-corrected chi connectivity index (χ4v) is 9.40. The van der Waals surface area contributed by atoms with E-state index in [0.29, 0.717) is 23.9 Å². The van der Waals surface area contributed by atoms with Crippen molar-refractivity contribution in [2.45, 2.75) is 296 Å². The fourth-order valence-electron chi connectivity index (χ4n) is 8.67. The summed E-state index contributed by atoms with van der Waals surface area (Å²) in [5.74, 6) is -0.148. The van der Waals surface area contributed by atoms with Gasteiger partial charge in [-0.3, -0.25) is 13.8 Å². The third kappa shape index (κ3) is 50.8. The van der Waals surface area contributed by atoms with Gasteiger partial charge in [-0.05, 0) is 44.9 Å². The number of aliphatic hydroxyl groups is 1. The fraction of sp³-hybridized carbons (Fsp3) is 0.912. The predicted octanol–water partition coefficient (Wildman–Crippen LogP) is 17.2. The number of amides is 1. The lowest BCUT2D eigenvalue weighted by atomic mass is 10.0. The molecule has 0 saturated heterocycles. The van der Waals surface area contributed by atoms with E-state index in [1.165, 1.54) is 205 Å². The van der Waals surface area contributed by atoms with E-state index in [4.69, 9.17) is 9.05 Å². The van der Waals surface area contributed by atoms with Crippen LogP contribution in [0.3, 0.4) is 0 Å². The Morgan fingerprint density at radius 1 is 0.515 bits per heavy atom. The van der Waals surface area contributed by atoms with Crippen LogP contribution in [0.15, 0.2) is 24.3 Å². The zero-order valence-corrected chi connectivity index (χ0v) is 45.6. The number of rotatable bonds is 53. The Labute approximate surface area is 411 Å². The maximum Gasteiger partial charge on any atom is 0.472 e. The zero-order chi connectivity index (χ0) is 48.5. The Hall–Kier alpha value is -1.02. The van der Waals surface area contributed by atoms with Crippen LogP contribution in [0.4, 0.5) is 0 Å². The molecule has 0 aliphatic rings. The highest BCUT2D eigenvalue weighted by molar-refractivity contribution is 7.47. The Balaban J connectivity index is 4.19. The average molecular weight is 955 g/mol. The van der Waals surface area contributed by atoms with Crippen molar-refractivity contribution in [3.05, 3.63) is 24.3 Å². The molecule has 0 heterocycles. The molecule has 1 amide bonds. The largest absolute Gasteiger partial charge is 0.472 e. The second kappa shape index (κ2) is 49.0. The Kier molecular flexibility index (Phi) is 48.2. The molecule has 66 heavy (non-hydrogen) atoms. The van der Waals surface area contributed by atoms with E-state index in [1.807, 2.05) is 21.1 Å². The minimum absolute atomic E-state index is 0.0741. The molecule has 0 aliphatic heterocycles. The van der Waals surface area contributed by atoms with Gasteiger partial charge in [0, 0.05) is 6.42 Å². The zero-order valence-electron chi connectivity index (χ0n) is 44.7. The van der Waals surface area contributed by atoms with Gasteiger partial charge >= 0.3 is 7.82 Å². The number of likely N-dealkylation sites (N-methyl/N-ethyl adjacent to an activating group) is 1. The van der Waals surface area contributed by atoms with Gasteiger partial charge < -0.3 is 19.8 Å². The molecule has 3 unspecified atom stereocenters. The standard InChI is InChI=1S/C57H113N2O6P/c1-6-8-10-12-14-16-18-20-22-24-26-28-29-31-33-35-37-39-41-43-45-47-49-51-57(61)58-55(54-65-66(62,63)64-53-52-59(3,4)5)56(60)50-48-46-44-42-40-38-36-34-32-30-27-25-23-21-19-17-15-13-11-9-7-2/h26,28,31,33,55-56,60H,6-25,27,29-30,32,34-54H2,1-5H3,(H-,58,61,62,63)/p+1/b28-26-,33-31-. The molecule has 9 heteroatoms. The molecule has 0 aromatic heterocycles. The SMILES string of the molecule is CCCCCCCCCCC/C=C\C/C=C\CCCCCCCCCC(=O)NC(COP(=O)(O)OCC[N+](C)(C)C)C(O)CCCCCCCCCCCCCCCCCCCCCCC. The molecule has 0 aromatic carbocycles. The summed E-state index contributed by atoms with van der Waals surface area (Å²) in [4.78, 5) is 23.3. The second-order valence-electron chi connectivity index (χ2n) is 21.0. The Morgan fingerprint density at radius 3 is 1.24 bits per heavy atom. The number of nitrogens with zero attached hydrogens (tertiary/aromatic N) is 1. The predicted molar refractivity (Wildman–Crippen MR) is 286 cm³/mol. The van der Waals surface area contributed by atoms with Gasteiger partial charge in [0.15, 0.2) is 0 Å². The lowest BCUT2D eigenvalue weighted by molar-refractivity contribution is -0.870. The van der Waals surface area contributed by atoms with Crippen molar-refractivity contribution in [1.29, 1.82) is 0 Å². The average Bonchev–Trinajstić information content (AvgIpc) is 3.28. The van der Waals surface area contributed by atoms with Gasteiger partial charge in [-0.25, -0.2) is 4.57 Å². The van der Waals surface area contributed by atoms with E-state index >= 15 is 0 Å². The minimum Gasteiger partial charge on any atom is -0.391 e. The molecule has 3 atom stereocenters. The molecule has 8 nitrogen and oxygen atoms in total. The van der Waals surface area contributed by atoms with Gasteiger partial charge in [-0.2, -0.15) is 0 Å². The summed E-state index contributed by atoms with van der Waals surface area (Å²) in [6, 6.07) is -0.764. The topological polar surface area (TPSA) is 105 Å². The number of carbonyl (C=O) groups excluding carboxylic acids is 1. The first-order valence-electron chi connectivity index (χ1n) is 28.7. The van der Waals surface area contributed by atoms with Gasteiger partial charge in [0.05, 0.1) is 39.9 Å². The first-order chi connectivity index (χ1) is 32.0. The highest BCUT2D eigenvalue weighted by Gasteiger charge is 2.28. The third-order valence-electron chi connectivity index (χ3n) is 13.2. The van der Waals surface area contributed by atoms with Crippen LogP contribution < -0.4 is 5.32 Å². The highest BCUT2D eigenvalue weighted by Crippen LogP contribution is 2.43.